The van der Waals surface area contributed by atoms with E-state index in [2.05, 4.69) is 16.0 Å². The van der Waals surface area contributed by atoms with Gasteiger partial charge in [0.1, 0.15) is 0 Å². The van der Waals surface area contributed by atoms with E-state index < -0.39 is 130 Å². The molecule has 36 nitrogen and oxygen atoms in total. The number of hydrogen-bond acceptors (Lipinski definition) is 33. The van der Waals surface area contributed by atoms with E-state index >= 15 is 0 Å². The van der Waals surface area contributed by atoms with Crippen LogP contribution in [0.5, 0.6) is 0 Å². The van der Waals surface area contributed by atoms with Gasteiger partial charge in [0.2, 0.25) is 0 Å². The molecule has 0 radical (unpaired) electrons. The van der Waals surface area contributed by atoms with Gasteiger partial charge in [0.15, 0.2) is 0 Å². The van der Waals surface area contributed by atoms with E-state index in [1.807, 2.05) is 14.7 Å². The minimum Gasteiger partial charge on any atom is -0.549 e. The molecule has 4 rings (SSSR count). The Balaban J connectivity index is 0.0000163. The third-order valence-corrected chi connectivity index (χ3v) is 16.5. The van der Waals surface area contributed by atoms with Crippen LogP contribution in [-0.4, -0.2) is 385 Å². The zero-order valence-electron chi connectivity index (χ0n) is 55.2. The molecule has 3 saturated heterocycles. The molecule has 3 aliphatic heterocycles. The molecule has 0 atom stereocenters. The van der Waals surface area contributed by atoms with E-state index in [-0.39, 0.29) is 304 Å². The minimum absolute atomic E-state index is 0. The Bertz CT molecular complexity index is 2350. The Labute approximate surface area is 663 Å². The number of hydrogen-bond donors (Lipinski definition) is 3. The smallest absolute Gasteiger partial charge is 0.549 e. The molecule has 570 valence electrons. The molecule has 1 aromatic rings. The van der Waals surface area contributed by atoms with Crippen LogP contribution < -0.4 is 61.9 Å². The van der Waals surface area contributed by atoms with Crippen LogP contribution in [0, 0.1) is 111 Å². The van der Waals surface area contributed by atoms with Crippen LogP contribution in [0.2, 0.25) is 0 Å². The maximum absolute atomic E-state index is 14.1. The summed E-state index contributed by atoms with van der Waals surface area (Å²) in [4.78, 5) is 167. The number of nitrogens with zero attached hydrogens (tertiary/aromatic N) is 12. The molecule has 0 aromatic heterocycles. The second kappa shape index (κ2) is 52.1. The summed E-state index contributed by atoms with van der Waals surface area (Å²) in [6.45, 7) is 1.70. The first-order valence-corrected chi connectivity index (χ1v) is 32.1. The molecular weight excluding hydrogens is 1770 g/mol. The van der Waals surface area contributed by atoms with Crippen LogP contribution >= 0.6 is 0 Å². The van der Waals surface area contributed by atoms with Crippen molar-refractivity contribution in [2.75, 3.05) is 255 Å². The van der Waals surface area contributed by atoms with E-state index in [1.165, 1.54) is 32.9 Å². The molecule has 0 saturated carbocycles. The first kappa shape index (κ1) is 93.1. The van der Waals surface area contributed by atoms with Gasteiger partial charge in [-0.05, 0) is 57.1 Å². The van der Waals surface area contributed by atoms with Crippen LogP contribution in [0.1, 0.15) is 50.3 Å². The molecule has 3 aliphatic rings. The number of carbonyl (C=O) groups is 12. The fourth-order valence-corrected chi connectivity index (χ4v) is 11.3. The predicted molar refractivity (Wildman–Crippen MR) is 320 cm³/mol. The summed E-state index contributed by atoms with van der Waals surface area (Å²) >= 11 is 0. The first-order valence-electron chi connectivity index (χ1n) is 32.1. The summed E-state index contributed by atoms with van der Waals surface area (Å²) in [6, 6.07) is 3.91. The van der Waals surface area contributed by atoms with Gasteiger partial charge in [0.05, 0.1) is 53.7 Å². The Kier molecular flexibility index (Phi) is 49.0. The molecule has 0 unspecified atom stereocenters. The average molecular weight is 1860 g/mol. The van der Waals surface area contributed by atoms with Gasteiger partial charge in [-0.1, -0.05) is 0 Å². The fourth-order valence-electron chi connectivity index (χ4n) is 11.3. The van der Waals surface area contributed by atoms with Crippen LogP contribution in [0.15, 0.2) is 18.2 Å². The van der Waals surface area contributed by atoms with Crippen LogP contribution in [0.3, 0.4) is 0 Å². The van der Waals surface area contributed by atoms with E-state index in [1.54, 1.807) is 29.4 Å². The fraction of sp³-hybridized carbons (Fsp3) is 0.700. The number of carboxylic acid groups (broad SMARTS) is 9. The van der Waals surface area contributed by atoms with Crippen molar-refractivity contribution in [2.24, 2.45) is 0 Å². The monoisotopic (exact) mass is 1860 g/mol. The normalized spacial score (nSPS) is 18.2. The van der Waals surface area contributed by atoms with Gasteiger partial charge in [-0.3, -0.25) is 58.5 Å². The summed E-state index contributed by atoms with van der Waals surface area (Å²) in [7, 11) is 0. The quantitative estimate of drug-likeness (QED) is 0.0550. The average Bonchev–Trinajstić information content (AvgIpc) is 0.837. The Hall–Kier alpha value is -3.92. The molecule has 39 heteroatoms. The number of nitrogens with one attached hydrogen (secondary N) is 3. The standard InChI is InChI=1S/C60H99N15O21.3Tm/c76-49(77)37-67-16-10-64(11-17-68(38-50(78)79)23-29-73(28-22-67)43-55(88)89)7-1-4-61-58(94)46-34-47(59(95)62-5-2-8-65-12-18-69(39-51(80)81)24-30-74(44-56(90)91)31-25-70(19-13-65)40-52(82)83)36-48(35-46)60(96)63-6-3-9-66-14-20-71(41-53(84)85)26-32-75(45-57(92)93)33-27-72(21-15-66)42-54(86)87;;;/h34-36H,1-33,37-45H2,(H,61,94)(H,62,95)(H,63,96)(H,76,77)(H,78,79)(H,80,81)(H,82,83)(H,84,85)(H,86,87)(H,88,89)(H,90,91)(H,92,93);;;/q;3*+3/p-9. The van der Waals surface area contributed by atoms with Gasteiger partial charge in [-0.2, -0.15) is 0 Å². The third-order valence-electron chi connectivity index (χ3n) is 16.5. The predicted octanol–water partition coefficient (Wildman–Crippen LogP) is -17.5. The molecule has 0 aliphatic carbocycles. The maximum Gasteiger partial charge on any atom is 3.00 e. The third kappa shape index (κ3) is 42.5. The number of rotatable bonds is 33. The van der Waals surface area contributed by atoms with Gasteiger partial charge < -0.3 is 120 Å². The number of carbonyl (C=O) groups excluding carboxylic acids is 12. The molecular formula is C60H90N15O21Tm3. The topological polar surface area (TPSA) is 487 Å². The first-order chi connectivity index (χ1) is 45.7. The number of benzene rings is 1. The van der Waals surface area contributed by atoms with Crippen molar-refractivity contribution in [3.8, 4) is 0 Å². The SMILES string of the molecule is O=C([O-])CN1CCN(CCCNC(=O)c2cc(C(=O)NCCCN3CCN(CC(=O)[O-])CCN(CC(=O)[O-])CCN(CC(=O)[O-])CC3)cc(C(=O)NCCCN3CCN(CC(=O)[O-])CCN(CC(=O)[O-])CCN(CC(=O)[O-])CC3)c2)CCN(CC(=O)[O-])CCN(CC(=O)[O-])CC1.[Tm+3].[Tm+3].[Tm+3]. The minimum atomic E-state index is -1.36. The van der Waals surface area contributed by atoms with Crippen molar-refractivity contribution in [3.63, 3.8) is 0 Å². The second-order valence-corrected chi connectivity index (χ2v) is 24.0. The van der Waals surface area contributed by atoms with Gasteiger partial charge >= 0.3 is 111 Å². The van der Waals surface area contributed by atoms with E-state index in [4.69, 9.17) is 0 Å². The van der Waals surface area contributed by atoms with Crippen molar-refractivity contribution < 1.29 is 214 Å². The Morgan fingerprint density at radius 2 is 0.354 bits per heavy atom. The van der Waals surface area contributed by atoms with Crippen LogP contribution in [0.25, 0.3) is 0 Å². The molecule has 99 heavy (non-hydrogen) atoms. The summed E-state index contributed by atoms with van der Waals surface area (Å²) < 4.78 is 0. The molecule has 0 spiro atoms. The molecule has 3 heterocycles. The van der Waals surface area contributed by atoms with Crippen molar-refractivity contribution in [1.82, 2.24) is 74.7 Å². The summed E-state index contributed by atoms with van der Waals surface area (Å²) in [6.07, 6.45) is 0.939. The molecule has 3 amide bonds. The van der Waals surface area contributed by atoms with Crippen molar-refractivity contribution in [2.45, 2.75) is 19.3 Å². The van der Waals surface area contributed by atoms with Crippen molar-refractivity contribution in [1.29, 1.82) is 0 Å². The zero-order chi connectivity index (χ0) is 70.5. The van der Waals surface area contributed by atoms with Crippen LogP contribution in [0.4, 0.5) is 0 Å². The molecule has 3 fully saturated rings. The van der Waals surface area contributed by atoms with Crippen molar-refractivity contribution >= 4 is 71.4 Å². The zero-order valence-corrected chi connectivity index (χ0v) is 60.5. The van der Waals surface area contributed by atoms with Crippen molar-refractivity contribution in [3.05, 3.63) is 34.9 Å². The number of carboxylic acids is 9. The largest absolute Gasteiger partial charge is 3.00 e. The second-order valence-electron chi connectivity index (χ2n) is 24.0. The molecule has 3 N–H and O–H groups in total. The molecule has 1 aromatic carbocycles. The summed E-state index contributed by atoms with van der Waals surface area (Å²) in [5, 5.41) is 113. The van der Waals surface area contributed by atoms with Gasteiger partial charge in [-0.25, -0.2) is 0 Å². The van der Waals surface area contributed by atoms with E-state index in [9.17, 15) is 103 Å². The Morgan fingerprint density at radius 1 is 0.232 bits per heavy atom. The van der Waals surface area contributed by atoms with E-state index in [0.29, 0.717) is 38.9 Å². The van der Waals surface area contributed by atoms with Gasteiger partial charge in [0.25, 0.3) is 17.7 Å². The molecule has 0 bridgehead atoms. The Morgan fingerprint density at radius 3 is 0.475 bits per heavy atom. The van der Waals surface area contributed by atoms with Gasteiger partial charge in [0, 0.05) is 252 Å². The van der Waals surface area contributed by atoms with E-state index in [0.717, 1.165) is 0 Å². The van der Waals surface area contributed by atoms with Gasteiger partial charge in [-0.15, -0.1) is 0 Å². The summed E-state index contributed by atoms with van der Waals surface area (Å²) in [5.41, 5.74) is -0.219. The number of amides is 3. The maximum atomic E-state index is 14.1. The van der Waals surface area contributed by atoms with Crippen LogP contribution in [-0.2, 0) is 43.2 Å². The summed E-state index contributed by atoms with van der Waals surface area (Å²) in [5.74, 6) is -14.2. The number of aliphatic carboxylic acids is 9.